The van der Waals surface area contributed by atoms with Crippen LogP contribution in [0, 0.1) is 11.8 Å². The summed E-state index contributed by atoms with van der Waals surface area (Å²) in [5, 5.41) is 2.87. The Hall–Kier alpha value is -0.680. The highest BCUT2D eigenvalue weighted by Gasteiger charge is 2.11. The van der Waals surface area contributed by atoms with Crippen LogP contribution in [-0.4, -0.2) is 42.5 Å². The number of amides is 1. The topological polar surface area (TPSA) is 58.4 Å². The molecular weight excluding hydrogens is 222 g/mol. The average Bonchev–Trinajstić information content (AvgIpc) is 2.14. The largest absolute Gasteiger partial charge is 0.393 e. The maximum absolute atomic E-state index is 11.5. The van der Waals surface area contributed by atoms with Crippen LogP contribution in [0.3, 0.4) is 0 Å². The number of carbonyl (C=O) groups is 1. The van der Waals surface area contributed by atoms with E-state index in [2.05, 4.69) is 19.2 Å². The highest BCUT2D eigenvalue weighted by Crippen LogP contribution is 1.98. The Balaban J connectivity index is 3.82. The molecular formula is C11H23N3OS. The monoisotopic (exact) mass is 245 g/mol. The zero-order valence-electron chi connectivity index (χ0n) is 10.6. The SMILES string of the molecule is CC(C)CNC(=O)CN(C)CC(C)C(N)=S. The Labute approximate surface area is 104 Å². The summed E-state index contributed by atoms with van der Waals surface area (Å²) in [6, 6.07) is 0. The summed E-state index contributed by atoms with van der Waals surface area (Å²) in [6.07, 6.45) is 0. The van der Waals surface area contributed by atoms with Gasteiger partial charge in [0, 0.05) is 19.0 Å². The van der Waals surface area contributed by atoms with Crippen molar-refractivity contribution in [2.24, 2.45) is 17.6 Å². The lowest BCUT2D eigenvalue weighted by Gasteiger charge is -2.20. The van der Waals surface area contributed by atoms with Crippen LogP contribution in [0.1, 0.15) is 20.8 Å². The summed E-state index contributed by atoms with van der Waals surface area (Å²) in [6.45, 7) is 7.92. The van der Waals surface area contributed by atoms with Gasteiger partial charge in [-0.2, -0.15) is 0 Å². The van der Waals surface area contributed by atoms with Crippen molar-refractivity contribution in [3.8, 4) is 0 Å². The third kappa shape index (κ3) is 7.59. The lowest BCUT2D eigenvalue weighted by molar-refractivity contribution is -0.122. The van der Waals surface area contributed by atoms with Crippen LogP contribution in [0.15, 0.2) is 0 Å². The van der Waals surface area contributed by atoms with E-state index in [-0.39, 0.29) is 11.8 Å². The predicted octanol–water partition coefficient (Wildman–Crippen LogP) is 0.613. The molecule has 0 spiro atoms. The average molecular weight is 245 g/mol. The highest BCUT2D eigenvalue weighted by atomic mass is 32.1. The van der Waals surface area contributed by atoms with E-state index < -0.39 is 0 Å². The Morgan fingerprint density at radius 1 is 1.44 bits per heavy atom. The Bertz CT molecular complexity index is 243. The molecule has 94 valence electrons. The van der Waals surface area contributed by atoms with E-state index in [0.29, 0.717) is 24.0 Å². The number of nitrogens with two attached hydrogens (primary N) is 1. The van der Waals surface area contributed by atoms with Gasteiger partial charge in [0.15, 0.2) is 0 Å². The van der Waals surface area contributed by atoms with E-state index in [4.69, 9.17) is 18.0 Å². The second-order valence-electron chi connectivity index (χ2n) is 4.70. The molecule has 0 saturated carbocycles. The quantitative estimate of drug-likeness (QED) is 0.645. The summed E-state index contributed by atoms with van der Waals surface area (Å²) >= 11 is 4.89. The minimum absolute atomic E-state index is 0.0475. The molecule has 0 fully saturated rings. The highest BCUT2D eigenvalue weighted by molar-refractivity contribution is 7.80. The van der Waals surface area contributed by atoms with Crippen molar-refractivity contribution in [1.29, 1.82) is 0 Å². The third-order valence-electron chi connectivity index (χ3n) is 2.19. The molecule has 0 rings (SSSR count). The molecule has 1 amide bonds. The molecule has 1 unspecified atom stereocenters. The van der Waals surface area contributed by atoms with Crippen molar-refractivity contribution in [1.82, 2.24) is 10.2 Å². The van der Waals surface area contributed by atoms with Crippen LogP contribution in [0.4, 0.5) is 0 Å². The van der Waals surface area contributed by atoms with Gasteiger partial charge in [0.1, 0.15) is 0 Å². The molecule has 0 aromatic rings. The van der Waals surface area contributed by atoms with Gasteiger partial charge in [-0.3, -0.25) is 9.69 Å². The predicted molar refractivity (Wildman–Crippen MR) is 71.3 cm³/mol. The standard InChI is InChI=1S/C11H23N3OS/c1-8(2)5-13-10(15)7-14(4)6-9(3)11(12)16/h8-9H,5-7H2,1-4H3,(H2,12,16)(H,13,15). The van der Waals surface area contributed by atoms with Crippen LogP contribution in [0.5, 0.6) is 0 Å². The Morgan fingerprint density at radius 3 is 2.44 bits per heavy atom. The first-order valence-corrected chi connectivity index (χ1v) is 5.98. The number of rotatable bonds is 7. The zero-order chi connectivity index (χ0) is 12.7. The minimum atomic E-state index is 0.0475. The fraction of sp³-hybridized carbons (Fsp3) is 0.818. The summed E-state index contributed by atoms with van der Waals surface area (Å²) < 4.78 is 0. The van der Waals surface area contributed by atoms with E-state index in [0.717, 1.165) is 6.54 Å². The smallest absolute Gasteiger partial charge is 0.234 e. The molecule has 0 bridgehead atoms. The molecule has 0 aliphatic carbocycles. The van der Waals surface area contributed by atoms with Gasteiger partial charge in [0.2, 0.25) is 5.91 Å². The van der Waals surface area contributed by atoms with Gasteiger partial charge in [-0.05, 0) is 13.0 Å². The molecule has 1 atom stereocenters. The molecule has 0 heterocycles. The van der Waals surface area contributed by atoms with Gasteiger partial charge in [0.05, 0.1) is 11.5 Å². The van der Waals surface area contributed by atoms with Crippen molar-refractivity contribution in [3.63, 3.8) is 0 Å². The van der Waals surface area contributed by atoms with Crippen LogP contribution in [0.2, 0.25) is 0 Å². The molecule has 0 radical (unpaired) electrons. The summed E-state index contributed by atoms with van der Waals surface area (Å²) in [5.41, 5.74) is 5.52. The third-order valence-corrected chi connectivity index (χ3v) is 2.59. The number of nitrogens with one attached hydrogen (secondary N) is 1. The summed E-state index contributed by atoms with van der Waals surface area (Å²) in [4.78, 5) is 13.9. The van der Waals surface area contributed by atoms with Gasteiger partial charge in [-0.15, -0.1) is 0 Å². The summed E-state index contributed by atoms with van der Waals surface area (Å²) in [7, 11) is 1.89. The van der Waals surface area contributed by atoms with E-state index in [1.54, 1.807) is 0 Å². The molecule has 0 aliphatic rings. The van der Waals surface area contributed by atoms with E-state index in [1.807, 2.05) is 18.9 Å². The van der Waals surface area contributed by atoms with Crippen molar-refractivity contribution in [2.45, 2.75) is 20.8 Å². The molecule has 0 aromatic heterocycles. The first kappa shape index (κ1) is 15.3. The fourth-order valence-electron chi connectivity index (χ4n) is 1.24. The van der Waals surface area contributed by atoms with Gasteiger partial charge < -0.3 is 11.1 Å². The second-order valence-corrected chi connectivity index (χ2v) is 5.17. The van der Waals surface area contributed by atoms with Crippen LogP contribution >= 0.6 is 12.2 Å². The number of carbonyl (C=O) groups excluding carboxylic acids is 1. The number of hydrogen-bond donors (Lipinski definition) is 2. The lowest BCUT2D eigenvalue weighted by Crippen LogP contribution is -2.40. The van der Waals surface area contributed by atoms with Crippen molar-refractivity contribution in [2.75, 3.05) is 26.7 Å². The molecule has 4 nitrogen and oxygen atoms in total. The molecule has 3 N–H and O–H groups in total. The van der Waals surface area contributed by atoms with E-state index in [9.17, 15) is 4.79 Å². The van der Waals surface area contributed by atoms with E-state index in [1.165, 1.54) is 0 Å². The second kappa shape index (κ2) is 7.57. The van der Waals surface area contributed by atoms with Crippen molar-refractivity contribution < 1.29 is 4.79 Å². The number of thiocarbonyl (C=S) groups is 1. The number of nitrogens with zero attached hydrogens (tertiary/aromatic N) is 1. The maximum atomic E-state index is 11.5. The van der Waals surface area contributed by atoms with Gasteiger partial charge in [-0.1, -0.05) is 33.0 Å². The maximum Gasteiger partial charge on any atom is 0.234 e. The number of hydrogen-bond acceptors (Lipinski definition) is 3. The lowest BCUT2D eigenvalue weighted by atomic mass is 10.2. The van der Waals surface area contributed by atoms with Crippen LogP contribution in [0.25, 0.3) is 0 Å². The van der Waals surface area contributed by atoms with Gasteiger partial charge in [0.25, 0.3) is 0 Å². The molecule has 16 heavy (non-hydrogen) atoms. The minimum Gasteiger partial charge on any atom is -0.393 e. The first-order chi connectivity index (χ1) is 7.32. The fourth-order valence-corrected chi connectivity index (χ4v) is 1.32. The van der Waals surface area contributed by atoms with Crippen LogP contribution < -0.4 is 11.1 Å². The first-order valence-electron chi connectivity index (χ1n) is 5.57. The molecule has 5 heteroatoms. The van der Waals surface area contributed by atoms with Crippen molar-refractivity contribution >= 4 is 23.1 Å². The number of likely N-dealkylation sites (N-methyl/N-ethyl adjacent to an activating group) is 1. The van der Waals surface area contributed by atoms with Crippen LogP contribution in [-0.2, 0) is 4.79 Å². The van der Waals surface area contributed by atoms with Crippen molar-refractivity contribution in [3.05, 3.63) is 0 Å². The zero-order valence-corrected chi connectivity index (χ0v) is 11.4. The van der Waals surface area contributed by atoms with Gasteiger partial charge in [-0.25, -0.2) is 0 Å². The molecule has 0 aromatic carbocycles. The molecule has 0 saturated heterocycles. The Morgan fingerprint density at radius 2 is 2.00 bits per heavy atom. The summed E-state index contributed by atoms with van der Waals surface area (Å²) in [5.74, 6) is 0.661. The Kier molecular flexibility index (Phi) is 7.25. The van der Waals surface area contributed by atoms with E-state index >= 15 is 0 Å². The molecule has 0 aliphatic heterocycles. The van der Waals surface area contributed by atoms with Gasteiger partial charge >= 0.3 is 0 Å². The normalized spacial score (nSPS) is 12.9.